The molecule has 1 aliphatic rings. The van der Waals surface area contributed by atoms with Gasteiger partial charge in [-0.1, -0.05) is 42.5 Å². The van der Waals surface area contributed by atoms with Crippen LogP contribution in [0.2, 0.25) is 0 Å². The summed E-state index contributed by atoms with van der Waals surface area (Å²) in [5.41, 5.74) is 3.32. The van der Waals surface area contributed by atoms with E-state index in [0.29, 0.717) is 11.5 Å². The lowest BCUT2D eigenvalue weighted by atomic mass is 9.96. The normalized spacial score (nSPS) is 14.4. The van der Waals surface area contributed by atoms with Gasteiger partial charge in [-0.25, -0.2) is 4.79 Å². The molecule has 90 valence electrons. The van der Waals surface area contributed by atoms with Gasteiger partial charge in [0, 0.05) is 0 Å². The summed E-state index contributed by atoms with van der Waals surface area (Å²) in [6, 6.07) is 15.5. The van der Waals surface area contributed by atoms with Crippen LogP contribution in [0.5, 0.6) is 0 Å². The quantitative estimate of drug-likeness (QED) is 0.879. The molecule has 0 saturated heterocycles. The molecule has 1 saturated carbocycles. The van der Waals surface area contributed by atoms with E-state index in [4.69, 9.17) is 0 Å². The van der Waals surface area contributed by atoms with Crippen molar-refractivity contribution in [2.45, 2.75) is 18.8 Å². The monoisotopic (exact) mass is 238 g/mol. The highest BCUT2D eigenvalue weighted by molar-refractivity contribution is 5.96. The molecule has 0 radical (unpaired) electrons. The number of hydrogen-bond donors (Lipinski definition) is 1. The Bertz CT molecular complexity index is 583. The van der Waals surface area contributed by atoms with Gasteiger partial charge < -0.3 is 5.11 Å². The lowest BCUT2D eigenvalue weighted by Gasteiger charge is -2.08. The third kappa shape index (κ3) is 2.02. The lowest BCUT2D eigenvalue weighted by Crippen LogP contribution is -2.00. The molecular weight excluding hydrogens is 224 g/mol. The zero-order valence-corrected chi connectivity index (χ0v) is 9.97. The van der Waals surface area contributed by atoms with Gasteiger partial charge in [-0.15, -0.1) is 0 Å². The standard InChI is InChI=1S/C16H14O2/c17-16(18)15-10-13(11-6-7-11)8-9-14(15)12-4-2-1-3-5-12/h1-5,8-11H,6-7H2,(H,17,18). The van der Waals surface area contributed by atoms with Crippen molar-refractivity contribution in [3.63, 3.8) is 0 Å². The zero-order valence-electron chi connectivity index (χ0n) is 9.97. The van der Waals surface area contributed by atoms with Crippen LogP contribution in [0.1, 0.15) is 34.7 Å². The number of carboxylic acids is 1. The van der Waals surface area contributed by atoms with Crippen LogP contribution in [0.4, 0.5) is 0 Å². The van der Waals surface area contributed by atoms with Crippen LogP contribution < -0.4 is 0 Å². The minimum atomic E-state index is -0.851. The van der Waals surface area contributed by atoms with E-state index >= 15 is 0 Å². The largest absolute Gasteiger partial charge is 0.478 e. The molecule has 0 aromatic heterocycles. The summed E-state index contributed by atoms with van der Waals surface area (Å²) in [5, 5.41) is 9.35. The molecule has 1 fully saturated rings. The molecule has 18 heavy (non-hydrogen) atoms. The Morgan fingerprint density at radius 2 is 1.78 bits per heavy atom. The van der Waals surface area contributed by atoms with E-state index in [1.807, 2.05) is 42.5 Å². The van der Waals surface area contributed by atoms with Crippen molar-refractivity contribution < 1.29 is 9.90 Å². The summed E-state index contributed by atoms with van der Waals surface area (Å²) in [6.07, 6.45) is 2.37. The molecule has 0 heterocycles. The van der Waals surface area contributed by atoms with Crippen LogP contribution in [0.3, 0.4) is 0 Å². The van der Waals surface area contributed by atoms with Crippen molar-refractivity contribution in [2.24, 2.45) is 0 Å². The highest BCUT2D eigenvalue weighted by atomic mass is 16.4. The molecule has 0 atom stereocenters. The highest BCUT2D eigenvalue weighted by Crippen LogP contribution is 2.41. The smallest absolute Gasteiger partial charge is 0.336 e. The number of aromatic carboxylic acids is 1. The Kier molecular flexibility index (Phi) is 2.63. The second kappa shape index (κ2) is 4.30. The number of benzene rings is 2. The predicted octanol–water partition coefficient (Wildman–Crippen LogP) is 3.93. The molecule has 2 heteroatoms. The SMILES string of the molecule is O=C(O)c1cc(C2CC2)ccc1-c1ccccc1. The van der Waals surface area contributed by atoms with E-state index in [1.165, 1.54) is 12.8 Å². The van der Waals surface area contributed by atoms with Crippen molar-refractivity contribution in [1.29, 1.82) is 0 Å². The van der Waals surface area contributed by atoms with Gasteiger partial charge in [0.2, 0.25) is 0 Å². The highest BCUT2D eigenvalue weighted by Gasteiger charge is 2.25. The first-order chi connectivity index (χ1) is 8.75. The Morgan fingerprint density at radius 1 is 1.06 bits per heavy atom. The van der Waals surface area contributed by atoms with Crippen LogP contribution in [-0.4, -0.2) is 11.1 Å². The first-order valence-corrected chi connectivity index (χ1v) is 6.18. The molecule has 0 aliphatic heterocycles. The summed E-state index contributed by atoms with van der Waals surface area (Å²) < 4.78 is 0. The maximum Gasteiger partial charge on any atom is 0.336 e. The van der Waals surface area contributed by atoms with Crippen LogP contribution >= 0.6 is 0 Å². The third-order valence-corrected chi connectivity index (χ3v) is 3.41. The minimum absolute atomic E-state index is 0.408. The molecule has 2 nitrogen and oxygen atoms in total. The summed E-state index contributed by atoms with van der Waals surface area (Å²) in [7, 11) is 0. The Hall–Kier alpha value is -2.09. The van der Waals surface area contributed by atoms with Gasteiger partial charge in [-0.3, -0.25) is 0 Å². The summed E-state index contributed by atoms with van der Waals surface area (Å²) >= 11 is 0. The van der Waals surface area contributed by atoms with Crippen LogP contribution in [0.15, 0.2) is 48.5 Å². The fraction of sp³-hybridized carbons (Fsp3) is 0.188. The summed E-state index contributed by atoms with van der Waals surface area (Å²) in [5.74, 6) is -0.274. The predicted molar refractivity (Wildman–Crippen MR) is 70.8 cm³/mol. The molecule has 2 aromatic rings. The molecule has 1 aliphatic carbocycles. The first kappa shape index (κ1) is 11.0. The first-order valence-electron chi connectivity index (χ1n) is 6.18. The zero-order chi connectivity index (χ0) is 12.5. The second-order valence-corrected chi connectivity index (χ2v) is 4.75. The van der Waals surface area contributed by atoms with Crippen LogP contribution in [0.25, 0.3) is 11.1 Å². The molecule has 0 spiro atoms. The van der Waals surface area contributed by atoms with Crippen molar-refractivity contribution in [1.82, 2.24) is 0 Å². The van der Waals surface area contributed by atoms with Gasteiger partial charge in [-0.05, 0) is 41.5 Å². The summed E-state index contributed by atoms with van der Waals surface area (Å²) in [6.45, 7) is 0. The van der Waals surface area contributed by atoms with Gasteiger partial charge in [0.15, 0.2) is 0 Å². The van der Waals surface area contributed by atoms with Gasteiger partial charge in [0.1, 0.15) is 0 Å². The number of carboxylic acid groups (broad SMARTS) is 1. The number of carbonyl (C=O) groups is 1. The average molecular weight is 238 g/mol. The van der Waals surface area contributed by atoms with Crippen LogP contribution in [-0.2, 0) is 0 Å². The fourth-order valence-corrected chi connectivity index (χ4v) is 2.28. The van der Waals surface area contributed by atoms with Gasteiger partial charge in [0.25, 0.3) is 0 Å². The average Bonchev–Trinajstić information content (AvgIpc) is 3.23. The van der Waals surface area contributed by atoms with Crippen LogP contribution in [0, 0.1) is 0 Å². The fourth-order valence-electron chi connectivity index (χ4n) is 2.28. The number of hydrogen-bond acceptors (Lipinski definition) is 1. The molecule has 0 amide bonds. The minimum Gasteiger partial charge on any atom is -0.478 e. The van der Waals surface area contributed by atoms with Crippen molar-refractivity contribution in [2.75, 3.05) is 0 Å². The molecular formula is C16H14O2. The Morgan fingerprint density at radius 3 is 2.39 bits per heavy atom. The van der Waals surface area contributed by atoms with E-state index < -0.39 is 5.97 Å². The second-order valence-electron chi connectivity index (χ2n) is 4.75. The van der Waals surface area contributed by atoms with Crippen molar-refractivity contribution >= 4 is 5.97 Å². The van der Waals surface area contributed by atoms with E-state index in [9.17, 15) is 9.90 Å². The number of rotatable bonds is 3. The third-order valence-electron chi connectivity index (χ3n) is 3.41. The molecule has 1 N–H and O–H groups in total. The van der Waals surface area contributed by atoms with E-state index in [2.05, 4.69) is 6.07 Å². The van der Waals surface area contributed by atoms with E-state index in [-0.39, 0.29) is 0 Å². The van der Waals surface area contributed by atoms with Gasteiger partial charge in [-0.2, -0.15) is 0 Å². The molecule has 3 rings (SSSR count). The lowest BCUT2D eigenvalue weighted by molar-refractivity contribution is 0.0697. The molecule has 0 unspecified atom stereocenters. The maximum atomic E-state index is 11.4. The topological polar surface area (TPSA) is 37.3 Å². The maximum absolute atomic E-state index is 11.4. The summed E-state index contributed by atoms with van der Waals surface area (Å²) in [4.78, 5) is 11.4. The van der Waals surface area contributed by atoms with E-state index in [0.717, 1.165) is 16.7 Å². The van der Waals surface area contributed by atoms with Crippen molar-refractivity contribution in [3.8, 4) is 11.1 Å². The van der Waals surface area contributed by atoms with Gasteiger partial charge in [0.05, 0.1) is 5.56 Å². The van der Waals surface area contributed by atoms with Crippen molar-refractivity contribution in [3.05, 3.63) is 59.7 Å². The van der Waals surface area contributed by atoms with Gasteiger partial charge >= 0.3 is 5.97 Å². The Labute approximate surface area is 106 Å². The molecule has 2 aromatic carbocycles. The Balaban J connectivity index is 2.11. The molecule has 0 bridgehead atoms. The van der Waals surface area contributed by atoms with E-state index in [1.54, 1.807) is 0 Å².